The van der Waals surface area contributed by atoms with E-state index in [4.69, 9.17) is 27.4 Å². The fourth-order valence-electron chi connectivity index (χ4n) is 4.73. The number of para-hydroxylation sites is 1. The molecule has 0 spiro atoms. The summed E-state index contributed by atoms with van der Waals surface area (Å²) in [6.07, 6.45) is 8.12. The van der Waals surface area contributed by atoms with Crippen LogP contribution in [0.3, 0.4) is 0 Å². The zero-order valence-corrected chi connectivity index (χ0v) is 20.1. The van der Waals surface area contributed by atoms with Gasteiger partial charge in [0, 0.05) is 25.6 Å². The van der Waals surface area contributed by atoms with E-state index in [-0.39, 0.29) is 12.5 Å². The van der Waals surface area contributed by atoms with E-state index < -0.39 is 17.5 Å². The van der Waals surface area contributed by atoms with Gasteiger partial charge in [-0.3, -0.25) is 9.59 Å². The zero-order valence-electron chi connectivity index (χ0n) is 19.3. The van der Waals surface area contributed by atoms with Crippen molar-refractivity contribution in [2.45, 2.75) is 37.2 Å². The predicted octanol–water partition coefficient (Wildman–Crippen LogP) is 3.12. The number of methoxy groups -OCH3 is 1. The van der Waals surface area contributed by atoms with Crippen molar-refractivity contribution in [1.82, 2.24) is 14.3 Å². The highest BCUT2D eigenvalue weighted by Gasteiger charge is 2.47. The molecule has 34 heavy (non-hydrogen) atoms. The van der Waals surface area contributed by atoms with Gasteiger partial charge in [0.25, 0.3) is 5.91 Å². The van der Waals surface area contributed by atoms with Gasteiger partial charge in [-0.1, -0.05) is 36.8 Å². The van der Waals surface area contributed by atoms with Crippen molar-refractivity contribution in [3.05, 3.63) is 66.1 Å². The van der Waals surface area contributed by atoms with Crippen molar-refractivity contribution in [2.75, 3.05) is 20.7 Å². The quantitative estimate of drug-likeness (QED) is 0.410. The molecule has 1 saturated carbocycles. The average molecular weight is 481 g/mol. The van der Waals surface area contributed by atoms with Gasteiger partial charge in [-0.15, -0.1) is 0 Å². The fraction of sp³-hybridized carbons (Fsp3) is 0.360. The standard InChI is InChI=1S/C25H28N4O4S/c1-28(23(31)18-7-3-4-8-19(18)32-2)16-22(30)33-20-9-5-6-12-25(20,24(26)34)17-10-11-21-27-13-14-29(21)15-17/h3-4,7-8,10-11,13-15,20H,5-6,9,12,16H2,1-2H3,(H2,26,34). The minimum absolute atomic E-state index is 0.207. The molecule has 2 atom stereocenters. The highest BCUT2D eigenvalue weighted by molar-refractivity contribution is 7.80. The first kappa shape index (κ1) is 23.7. The van der Waals surface area contributed by atoms with Crippen molar-refractivity contribution in [2.24, 2.45) is 5.73 Å². The second-order valence-electron chi connectivity index (χ2n) is 8.53. The molecule has 0 aliphatic heterocycles. The molecule has 0 bridgehead atoms. The Balaban J connectivity index is 1.55. The molecule has 0 saturated heterocycles. The maximum Gasteiger partial charge on any atom is 0.325 e. The Kier molecular flexibility index (Phi) is 6.83. The number of amides is 1. The molecule has 8 nitrogen and oxygen atoms in total. The van der Waals surface area contributed by atoms with Gasteiger partial charge in [0.15, 0.2) is 0 Å². The SMILES string of the molecule is COc1ccccc1C(=O)N(C)CC(=O)OC1CCCCC1(C(N)=S)c1ccc2nccn2c1. The number of fused-ring (bicyclic) bond motifs is 1. The number of aromatic nitrogens is 2. The van der Waals surface area contributed by atoms with E-state index in [2.05, 4.69) is 4.98 Å². The number of hydrogen-bond acceptors (Lipinski definition) is 6. The summed E-state index contributed by atoms with van der Waals surface area (Å²) in [6.45, 7) is -0.207. The Bertz CT molecular complexity index is 1230. The van der Waals surface area contributed by atoms with E-state index in [9.17, 15) is 9.59 Å². The van der Waals surface area contributed by atoms with Crippen LogP contribution in [0.1, 0.15) is 41.6 Å². The molecular weight excluding hydrogens is 452 g/mol. The maximum atomic E-state index is 13.0. The lowest BCUT2D eigenvalue weighted by Gasteiger charge is -2.43. The Hall–Kier alpha value is -3.46. The van der Waals surface area contributed by atoms with Crippen LogP contribution < -0.4 is 10.5 Å². The zero-order chi connectivity index (χ0) is 24.3. The molecule has 2 heterocycles. The Morgan fingerprint density at radius 1 is 1.26 bits per heavy atom. The molecule has 1 fully saturated rings. The van der Waals surface area contributed by atoms with Crippen LogP contribution in [-0.2, 0) is 14.9 Å². The van der Waals surface area contributed by atoms with Gasteiger partial charge in [0.2, 0.25) is 0 Å². The van der Waals surface area contributed by atoms with Crippen molar-refractivity contribution in [1.29, 1.82) is 0 Å². The molecule has 1 aromatic carbocycles. The average Bonchev–Trinajstić information content (AvgIpc) is 3.31. The van der Waals surface area contributed by atoms with E-state index in [0.717, 1.165) is 24.1 Å². The number of carbonyl (C=O) groups is 2. The molecule has 1 amide bonds. The molecule has 1 aliphatic carbocycles. The number of carbonyl (C=O) groups excluding carboxylic acids is 2. The number of ether oxygens (including phenoxy) is 2. The topological polar surface area (TPSA) is 99.2 Å². The Labute approximate surface area is 203 Å². The molecule has 2 unspecified atom stereocenters. The van der Waals surface area contributed by atoms with Crippen LogP contribution in [0, 0.1) is 0 Å². The van der Waals surface area contributed by atoms with Gasteiger partial charge >= 0.3 is 5.97 Å². The third-order valence-electron chi connectivity index (χ3n) is 6.50. The van der Waals surface area contributed by atoms with Crippen molar-refractivity contribution in [3.8, 4) is 5.75 Å². The third-order valence-corrected chi connectivity index (χ3v) is 6.87. The lowest BCUT2D eigenvalue weighted by molar-refractivity contribution is -0.153. The number of thiocarbonyl (C=S) groups is 1. The monoisotopic (exact) mass is 480 g/mol. The molecule has 9 heteroatoms. The van der Waals surface area contributed by atoms with Crippen LogP contribution in [0.15, 0.2) is 55.0 Å². The number of likely N-dealkylation sites (N-methyl/N-ethyl adjacent to an activating group) is 1. The van der Waals surface area contributed by atoms with Crippen LogP contribution in [0.5, 0.6) is 5.75 Å². The minimum Gasteiger partial charge on any atom is -0.496 e. The lowest BCUT2D eigenvalue weighted by Crippen LogP contribution is -2.53. The number of nitrogens with zero attached hydrogens (tertiary/aromatic N) is 3. The van der Waals surface area contributed by atoms with E-state index in [1.165, 1.54) is 12.0 Å². The van der Waals surface area contributed by atoms with E-state index in [0.29, 0.717) is 29.1 Å². The number of pyridine rings is 1. The third kappa shape index (κ3) is 4.35. The summed E-state index contributed by atoms with van der Waals surface area (Å²) in [7, 11) is 3.06. The number of hydrogen-bond donors (Lipinski definition) is 1. The number of benzene rings is 1. The van der Waals surface area contributed by atoms with Crippen molar-refractivity contribution < 1.29 is 19.1 Å². The van der Waals surface area contributed by atoms with E-state index in [1.54, 1.807) is 37.5 Å². The largest absolute Gasteiger partial charge is 0.496 e. The highest BCUT2D eigenvalue weighted by atomic mass is 32.1. The Morgan fingerprint density at radius 3 is 2.82 bits per heavy atom. The van der Waals surface area contributed by atoms with Gasteiger partial charge in [-0.05, 0) is 43.0 Å². The summed E-state index contributed by atoms with van der Waals surface area (Å²) in [4.78, 5) is 31.8. The van der Waals surface area contributed by atoms with Crippen molar-refractivity contribution in [3.63, 3.8) is 0 Å². The Morgan fingerprint density at radius 2 is 2.06 bits per heavy atom. The molecule has 3 aromatic rings. The normalized spacial score (nSPS) is 20.0. The number of rotatable bonds is 7. The lowest BCUT2D eigenvalue weighted by atomic mass is 9.67. The number of imidazole rings is 1. The number of nitrogens with two attached hydrogens (primary N) is 1. The van der Waals surface area contributed by atoms with E-state index in [1.807, 2.05) is 28.9 Å². The summed E-state index contributed by atoms with van der Waals surface area (Å²) in [6, 6.07) is 10.7. The smallest absolute Gasteiger partial charge is 0.325 e. The first-order valence-corrected chi connectivity index (χ1v) is 11.6. The fourth-order valence-corrected chi connectivity index (χ4v) is 5.08. The minimum atomic E-state index is -0.785. The van der Waals surface area contributed by atoms with Gasteiger partial charge in [-0.25, -0.2) is 4.98 Å². The summed E-state index contributed by atoms with van der Waals surface area (Å²) in [5.74, 6) is -0.395. The summed E-state index contributed by atoms with van der Waals surface area (Å²) in [5, 5.41) is 0. The van der Waals surface area contributed by atoms with Gasteiger partial charge in [0.1, 0.15) is 24.0 Å². The molecule has 2 aromatic heterocycles. The summed E-state index contributed by atoms with van der Waals surface area (Å²) < 4.78 is 13.2. The molecule has 2 N–H and O–H groups in total. The molecule has 4 rings (SSSR count). The van der Waals surface area contributed by atoms with Gasteiger partial charge in [0.05, 0.1) is 23.1 Å². The van der Waals surface area contributed by atoms with Crippen LogP contribution in [-0.4, -0.2) is 58.0 Å². The molecule has 178 valence electrons. The summed E-state index contributed by atoms with van der Waals surface area (Å²) >= 11 is 5.55. The summed E-state index contributed by atoms with van der Waals surface area (Å²) in [5.41, 5.74) is 7.61. The van der Waals surface area contributed by atoms with Gasteiger partial charge < -0.3 is 24.5 Å². The van der Waals surface area contributed by atoms with Crippen molar-refractivity contribution >= 4 is 34.7 Å². The van der Waals surface area contributed by atoms with Crippen LogP contribution in [0.4, 0.5) is 0 Å². The first-order valence-electron chi connectivity index (χ1n) is 11.2. The number of esters is 1. The highest BCUT2D eigenvalue weighted by Crippen LogP contribution is 2.42. The second kappa shape index (κ2) is 9.80. The predicted molar refractivity (Wildman–Crippen MR) is 132 cm³/mol. The van der Waals surface area contributed by atoms with Crippen LogP contribution in [0.25, 0.3) is 5.65 Å². The first-order chi connectivity index (χ1) is 16.4. The van der Waals surface area contributed by atoms with Crippen LogP contribution in [0.2, 0.25) is 0 Å². The maximum absolute atomic E-state index is 13.0. The van der Waals surface area contributed by atoms with Gasteiger partial charge in [-0.2, -0.15) is 0 Å². The molecular formula is C25H28N4O4S. The van der Waals surface area contributed by atoms with E-state index >= 15 is 0 Å². The molecule has 0 radical (unpaired) electrons. The van der Waals surface area contributed by atoms with Crippen LogP contribution >= 0.6 is 12.2 Å². The second-order valence-corrected chi connectivity index (χ2v) is 8.97. The molecule has 1 aliphatic rings.